The van der Waals surface area contributed by atoms with Crippen molar-refractivity contribution in [3.8, 4) is 5.75 Å². The van der Waals surface area contributed by atoms with Crippen LogP contribution in [0.2, 0.25) is 0 Å². The largest absolute Gasteiger partial charge is 0.495 e. The molecule has 1 aromatic rings. The number of sulfonamides is 1. The van der Waals surface area contributed by atoms with Crippen LogP contribution >= 0.6 is 15.9 Å². The van der Waals surface area contributed by atoms with Gasteiger partial charge in [0.25, 0.3) is 0 Å². The van der Waals surface area contributed by atoms with Crippen LogP contribution in [0.3, 0.4) is 0 Å². The molecule has 1 aliphatic rings. The summed E-state index contributed by atoms with van der Waals surface area (Å²) in [5.74, 6) is 0.852. The van der Waals surface area contributed by atoms with E-state index in [-0.39, 0.29) is 10.9 Å². The molecule has 21 heavy (non-hydrogen) atoms. The van der Waals surface area contributed by atoms with Crippen molar-refractivity contribution in [2.75, 3.05) is 19.4 Å². The van der Waals surface area contributed by atoms with Crippen molar-refractivity contribution in [3.05, 3.63) is 16.6 Å². The Morgan fingerprint density at radius 2 is 2.05 bits per heavy atom. The van der Waals surface area contributed by atoms with Gasteiger partial charge in [-0.15, -0.1) is 0 Å². The number of nitrogens with zero attached hydrogens (tertiary/aromatic N) is 1. The van der Waals surface area contributed by atoms with Crippen LogP contribution in [0.15, 0.2) is 21.5 Å². The lowest BCUT2D eigenvalue weighted by Crippen LogP contribution is -2.44. The predicted octanol–water partition coefficient (Wildman–Crippen LogP) is 2.85. The molecule has 1 fully saturated rings. The van der Waals surface area contributed by atoms with E-state index in [1.807, 2.05) is 6.92 Å². The molecule has 2 rings (SSSR count). The van der Waals surface area contributed by atoms with E-state index < -0.39 is 10.0 Å². The molecule has 0 spiro atoms. The normalized spacial score (nSPS) is 24.0. The molecule has 1 heterocycles. The van der Waals surface area contributed by atoms with Gasteiger partial charge in [0.15, 0.2) is 0 Å². The molecule has 2 N–H and O–H groups in total. The fourth-order valence-corrected chi connectivity index (χ4v) is 4.93. The second-order valence-electron chi connectivity index (χ2n) is 5.62. The van der Waals surface area contributed by atoms with Crippen LogP contribution in [0.25, 0.3) is 0 Å². The number of anilines is 1. The topological polar surface area (TPSA) is 72.6 Å². The summed E-state index contributed by atoms with van der Waals surface area (Å²) in [6, 6.07) is 3.04. The van der Waals surface area contributed by atoms with E-state index in [0.29, 0.717) is 28.4 Å². The van der Waals surface area contributed by atoms with Crippen molar-refractivity contribution in [3.63, 3.8) is 0 Å². The molecule has 0 radical (unpaired) electrons. The molecular formula is C14H21BrN2O3S. The van der Waals surface area contributed by atoms with Crippen LogP contribution in [-0.2, 0) is 10.0 Å². The second-order valence-corrected chi connectivity index (χ2v) is 8.33. The Morgan fingerprint density at radius 3 is 2.62 bits per heavy atom. The van der Waals surface area contributed by atoms with Gasteiger partial charge in [0.2, 0.25) is 10.0 Å². The van der Waals surface area contributed by atoms with Crippen molar-refractivity contribution < 1.29 is 13.2 Å². The molecule has 5 nitrogen and oxygen atoms in total. The lowest BCUT2D eigenvalue weighted by Gasteiger charge is -2.35. The van der Waals surface area contributed by atoms with Crippen molar-refractivity contribution in [2.24, 2.45) is 5.92 Å². The van der Waals surface area contributed by atoms with Gasteiger partial charge < -0.3 is 10.5 Å². The Balaban J connectivity index is 2.47. The van der Waals surface area contributed by atoms with Gasteiger partial charge in [-0.25, -0.2) is 8.42 Å². The summed E-state index contributed by atoms with van der Waals surface area (Å²) in [4.78, 5) is 0.132. The standard InChI is InChI=1S/C14H21BrN2O3S/c1-9-4-5-17(10(2)6-9)21(18,19)14-8-12(16)11(15)7-13(14)20-3/h7-10H,4-6,16H2,1-3H3. The Kier molecular flexibility index (Phi) is 4.85. The zero-order chi connectivity index (χ0) is 15.8. The number of halogens is 1. The maximum Gasteiger partial charge on any atom is 0.247 e. The molecule has 1 saturated heterocycles. The highest BCUT2D eigenvalue weighted by atomic mass is 79.9. The smallest absolute Gasteiger partial charge is 0.247 e. The molecule has 0 bridgehead atoms. The quantitative estimate of drug-likeness (QED) is 0.823. The van der Waals surface area contributed by atoms with Crippen LogP contribution in [0.4, 0.5) is 5.69 Å². The van der Waals surface area contributed by atoms with Gasteiger partial charge in [0, 0.05) is 22.7 Å². The Labute approximate surface area is 134 Å². The Bertz CT molecular complexity index is 633. The number of nitrogen functional groups attached to an aromatic ring is 1. The van der Waals surface area contributed by atoms with Crippen LogP contribution < -0.4 is 10.5 Å². The summed E-state index contributed by atoms with van der Waals surface area (Å²) < 4.78 is 33.2. The van der Waals surface area contributed by atoms with Gasteiger partial charge in [-0.05, 0) is 53.7 Å². The highest BCUT2D eigenvalue weighted by molar-refractivity contribution is 9.10. The molecule has 2 unspecified atom stereocenters. The lowest BCUT2D eigenvalue weighted by atomic mass is 9.95. The number of nitrogens with two attached hydrogens (primary N) is 1. The first-order valence-electron chi connectivity index (χ1n) is 6.92. The minimum Gasteiger partial charge on any atom is -0.495 e. The minimum atomic E-state index is -3.61. The van der Waals surface area contributed by atoms with Crippen LogP contribution in [0.1, 0.15) is 26.7 Å². The number of piperidine rings is 1. The number of ether oxygens (including phenoxy) is 1. The van der Waals surface area contributed by atoms with E-state index in [4.69, 9.17) is 10.5 Å². The maximum atomic E-state index is 12.9. The summed E-state index contributed by atoms with van der Waals surface area (Å²) in [5.41, 5.74) is 6.22. The van der Waals surface area contributed by atoms with E-state index in [0.717, 1.165) is 12.8 Å². The van der Waals surface area contributed by atoms with Crippen molar-refractivity contribution in [2.45, 2.75) is 37.6 Å². The van der Waals surface area contributed by atoms with Gasteiger partial charge >= 0.3 is 0 Å². The minimum absolute atomic E-state index is 0.0201. The maximum absolute atomic E-state index is 12.9. The molecule has 1 aromatic carbocycles. The average Bonchev–Trinajstić information content (AvgIpc) is 2.40. The van der Waals surface area contributed by atoms with Gasteiger partial charge in [-0.3, -0.25) is 0 Å². The molecule has 0 amide bonds. The van der Waals surface area contributed by atoms with Crippen LogP contribution in [0, 0.1) is 5.92 Å². The van der Waals surface area contributed by atoms with E-state index in [1.54, 1.807) is 10.4 Å². The van der Waals surface area contributed by atoms with Crippen molar-refractivity contribution in [1.82, 2.24) is 4.31 Å². The van der Waals surface area contributed by atoms with E-state index >= 15 is 0 Å². The van der Waals surface area contributed by atoms with Gasteiger partial charge in [-0.1, -0.05) is 6.92 Å². The lowest BCUT2D eigenvalue weighted by molar-refractivity contribution is 0.219. The van der Waals surface area contributed by atoms with Crippen LogP contribution in [0.5, 0.6) is 5.75 Å². The predicted molar refractivity (Wildman–Crippen MR) is 86.9 cm³/mol. The molecule has 7 heteroatoms. The zero-order valence-electron chi connectivity index (χ0n) is 12.5. The fourth-order valence-electron chi connectivity index (χ4n) is 2.78. The number of hydrogen-bond donors (Lipinski definition) is 1. The molecule has 0 saturated carbocycles. The molecule has 118 valence electrons. The third-order valence-electron chi connectivity index (χ3n) is 3.95. The summed E-state index contributed by atoms with van der Waals surface area (Å²) >= 11 is 3.29. The SMILES string of the molecule is COc1cc(Br)c(N)cc1S(=O)(=O)N1CCC(C)CC1C. The zero-order valence-corrected chi connectivity index (χ0v) is 14.9. The van der Waals surface area contributed by atoms with Gasteiger partial charge in [0.05, 0.1) is 7.11 Å². The third-order valence-corrected chi connectivity index (χ3v) is 6.67. The van der Waals surface area contributed by atoms with E-state index in [9.17, 15) is 8.42 Å². The average molecular weight is 377 g/mol. The van der Waals surface area contributed by atoms with E-state index in [1.165, 1.54) is 13.2 Å². The van der Waals surface area contributed by atoms with Crippen molar-refractivity contribution in [1.29, 1.82) is 0 Å². The monoisotopic (exact) mass is 376 g/mol. The fraction of sp³-hybridized carbons (Fsp3) is 0.571. The molecule has 2 atom stereocenters. The number of hydrogen-bond acceptors (Lipinski definition) is 4. The number of rotatable bonds is 3. The summed E-state index contributed by atoms with van der Waals surface area (Å²) in [5, 5.41) is 0. The molecule has 0 aromatic heterocycles. The van der Waals surface area contributed by atoms with Gasteiger partial charge in [-0.2, -0.15) is 4.31 Å². The first kappa shape index (κ1) is 16.6. The molecule has 1 aliphatic heterocycles. The molecule has 0 aliphatic carbocycles. The van der Waals surface area contributed by atoms with Crippen LogP contribution in [-0.4, -0.2) is 32.4 Å². The Hall–Kier alpha value is -0.790. The molecular weight excluding hydrogens is 356 g/mol. The second kappa shape index (κ2) is 6.14. The van der Waals surface area contributed by atoms with Gasteiger partial charge in [0.1, 0.15) is 10.6 Å². The Morgan fingerprint density at radius 1 is 1.38 bits per heavy atom. The first-order valence-corrected chi connectivity index (χ1v) is 9.15. The first-order chi connectivity index (χ1) is 9.77. The highest BCUT2D eigenvalue weighted by Gasteiger charge is 2.35. The number of benzene rings is 1. The summed E-state index contributed by atoms with van der Waals surface area (Å²) in [7, 11) is -2.15. The van der Waals surface area contributed by atoms with Crippen molar-refractivity contribution >= 4 is 31.6 Å². The summed E-state index contributed by atoms with van der Waals surface area (Å²) in [6.07, 6.45) is 1.74. The third kappa shape index (κ3) is 3.19. The summed E-state index contributed by atoms with van der Waals surface area (Å²) in [6.45, 7) is 4.63. The van der Waals surface area contributed by atoms with E-state index in [2.05, 4.69) is 22.9 Å². The highest BCUT2D eigenvalue weighted by Crippen LogP contribution is 2.36. The number of methoxy groups -OCH3 is 1.